The first-order valence-electron chi connectivity index (χ1n) is 7.24. The molecule has 0 aliphatic heterocycles. The molecule has 24 heavy (non-hydrogen) atoms. The zero-order valence-electron chi connectivity index (χ0n) is 12.5. The zero-order valence-corrected chi connectivity index (χ0v) is 14.1. The van der Waals surface area contributed by atoms with Crippen molar-refractivity contribution in [2.24, 2.45) is 0 Å². The summed E-state index contributed by atoms with van der Waals surface area (Å²) < 4.78 is 13.5. The molecule has 7 heteroatoms. The summed E-state index contributed by atoms with van der Waals surface area (Å²) in [5.74, 6) is -0.525. The monoisotopic (exact) mass is 361 g/mol. The second-order valence-electron chi connectivity index (χ2n) is 5.06. The van der Waals surface area contributed by atoms with Gasteiger partial charge < -0.3 is 5.32 Å². The summed E-state index contributed by atoms with van der Waals surface area (Å²) >= 11 is 7.13. The van der Waals surface area contributed by atoms with Crippen LogP contribution in [0, 0.1) is 5.82 Å². The van der Waals surface area contributed by atoms with E-state index >= 15 is 0 Å². The van der Waals surface area contributed by atoms with Crippen LogP contribution in [0.5, 0.6) is 0 Å². The second-order valence-corrected chi connectivity index (χ2v) is 6.47. The average Bonchev–Trinajstić information content (AvgIpc) is 3.03. The molecule has 122 valence electrons. The normalized spacial score (nSPS) is 10.6. The quantitative estimate of drug-likeness (QED) is 0.724. The molecule has 1 N–H and O–H groups in total. The number of amides is 1. The van der Waals surface area contributed by atoms with Crippen LogP contribution in [0.4, 0.5) is 9.52 Å². The van der Waals surface area contributed by atoms with Crippen LogP contribution in [0.1, 0.15) is 12.0 Å². The molecule has 1 amide bonds. The third-order valence-electron chi connectivity index (χ3n) is 3.34. The van der Waals surface area contributed by atoms with Crippen molar-refractivity contribution in [3.05, 3.63) is 64.9 Å². The van der Waals surface area contributed by atoms with Gasteiger partial charge in [-0.1, -0.05) is 53.3 Å². The third-order valence-corrected chi connectivity index (χ3v) is 4.48. The summed E-state index contributed by atoms with van der Waals surface area (Å²) in [7, 11) is 0. The van der Waals surface area contributed by atoms with E-state index in [0.29, 0.717) is 27.1 Å². The first-order chi connectivity index (χ1) is 11.6. The van der Waals surface area contributed by atoms with Crippen molar-refractivity contribution >= 4 is 34.0 Å². The molecule has 3 rings (SSSR count). The molecular formula is C17H13ClFN3OS. The van der Waals surface area contributed by atoms with E-state index in [1.165, 1.54) is 17.4 Å². The molecule has 0 saturated heterocycles. The van der Waals surface area contributed by atoms with Crippen molar-refractivity contribution in [3.63, 3.8) is 0 Å². The number of rotatable bonds is 5. The maximum absolute atomic E-state index is 13.5. The SMILES string of the molecule is O=C(CCc1ccccc1F)Nc1nnc(-c2ccc(Cl)cc2)s1. The lowest BCUT2D eigenvalue weighted by molar-refractivity contribution is -0.116. The van der Waals surface area contributed by atoms with Gasteiger partial charge in [0.15, 0.2) is 0 Å². The van der Waals surface area contributed by atoms with Crippen LogP contribution in [-0.4, -0.2) is 16.1 Å². The van der Waals surface area contributed by atoms with E-state index in [1.54, 1.807) is 30.3 Å². The standard InChI is InChI=1S/C17H13ClFN3OS/c18-13-8-5-12(6-9-13)16-21-22-17(24-16)20-15(23)10-7-11-3-1-2-4-14(11)19/h1-6,8-9H,7,10H2,(H,20,22,23). The minimum atomic E-state index is -0.300. The Kier molecular flexibility index (Phi) is 5.17. The number of carbonyl (C=O) groups excluding carboxylic acids is 1. The van der Waals surface area contributed by atoms with Gasteiger partial charge in [0.25, 0.3) is 0 Å². The molecule has 1 aromatic heterocycles. The van der Waals surface area contributed by atoms with Crippen LogP contribution in [0.15, 0.2) is 48.5 Å². The van der Waals surface area contributed by atoms with Gasteiger partial charge in [0.1, 0.15) is 10.8 Å². The highest BCUT2D eigenvalue weighted by Crippen LogP contribution is 2.27. The number of benzene rings is 2. The lowest BCUT2D eigenvalue weighted by Crippen LogP contribution is -2.12. The molecule has 0 atom stereocenters. The summed E-state index contributed by atoms with van der Waals surface area (Å²) in [6.45, 7) is 0. The van der Waals surface area contributed by atoms with Gasteiger partial charge in [0.05, 0.1) is 0 Å². The highest BCUT2D eigenvalue weighted by molar-refractivity contribution is 7.18. The van der Waals surface area contributed by atoms with Gasteiger partial charge in [-0.25, -0.2) is 4.39 Å². The Morgan fingerprint density at radius 1 is 1.12 bits per heavy atom. The Balaban J connectivity index is 1.59. The fourth-order valence-electron chi connectivity index (χ4n) is 2.11. The summed E-state index contributed by atoms with van der Waals surface area (Å²) in [5, 5.41) is 12.4. The number of hydrogen-bond acceptors (Lipinski definition) is 4. The molecular weight excluding hydrogens is 349 g/mol. The number of halogens is 2. The number of nitrogens with zero attached hydrogens (tertiary/aromatic N) is 2. The molecule has 2 aromatic carbocycles. The van der Waals surface area contributed by atoms with E-state index in [-0.39, 0.29) is 18.1 Å². The fraction of sp³-hybridized carbons (Fsp3) is 0.118. The Morgan fingerprint density at radius 3 is 2.62 bits per heavy atom. The highest BCUT2D eigenvalue weighted by Gasteiger charge is 2.11. The maximum Gasteiger partial charge on any atom is 0.226 e. The van der Waals surface area contributed by atoms with Crippen LogP contribution < -0.4 is 5.32 Å². The fourth-order valence-corrected chi connectivity index (χ4v) is 3.01. The molecule has 0 aliphatic rings. The van der Waals surface area contributed by atoms with Gasteiger partial charge in [-0.2, -0.15) is 0 Å². The Bertz CT molecular complexity index is 851. The number of anilines is 1. The summed E-state index contributed by atoms with van der Waals surface area (Å²) in [6, 6.07) is 13.6. The number of carbonyl (C=O) groups is 1. The second kappa shape index (κ2) is 7.51. The molecule has 3 aromatic rings. The molecule has 0 saturated carbocycles. The predicted octanol–water partition coefficient (Wildman–Crippen LogP) is 4.57. The van der Waals surface area contributed by atoms with Gasteiger partial charge in [-0.05, 0) is 30.2 Å². The van der Waals surface area contributed by atoms with Crippen molar-refractivity contribution in [2.45, 2.75) is 12.8 Å². The van der Waals surface area contributed by atoms with E-state index in [4.69, 9.17) is 11.6 Å². The molecule has 4 nitrogen and oxygen atoms in total. The van der Waals surface area contributed by atoms with Crippen LogP contribution in [0.25, 0.3) is 10.6 Å². The van der Waals surface area contributed by atoms with Crippen molar-refractivity contribution < 1.29 is 9.18 Å². The third kappa shape index (κ3) is 4.15. The van der Waals surface area contributed by atoms with Gasteiger partial charge in [-0.15, -0.1) is 10.2 Å². The number of aryl methyl sites for hydroxylation is 1. The predicted molar refractivity (Wildman–Crippen MR) is 93.7 cm³/mol. The van der Waals surface area contributed by atoms with Crippen molar-refractivity contribution in [2.75, 3.05) is 5.32 Å². The zero-order chi connectivity index (χ0) is 16.9. The van der Waals surface area contributed by atoms with E-state index in [1.807, 2.05) is 12.1 Å². The van der Waals surface area contributed by atoms with Crippen LogP contribution in [0.2, 0.25) is 5.02 Å². The summed E-state index contributed by atoms with van der Waals surface area (Å²) in [5.41, 5.74) is 1.40. The van der Waals surface area contributed by atoms with E-state index < -0.39 is 0 Å². The van der Waals surface area contributed by atoms with Crippen molar-refractivity contribution in [1.82, 2.24) is 10.2 Å². The topological polar surface area (TPSA) is 54.9 Å². The van der Waals surface area contributed by atoms with Crippen molar-refractivity contribution in [1.29, 1.82) is 0 Å². The number of aromatic nitrogens is 2. The molecule has 0 bridgehead atoms. The van der Waals surface area contributed by atoms with Crippen LogP contribution in [-0.2, 0) is 11.2 Å². The number of nitrogens with one attached hydrogen (secondary N) is 1. The van der Waals surface area contributed by atoms with Crippen LogP contribution in [0.3, 0.4) is 0 Å². The minimum Gasteiger partial charge on any atom is -0.301 e. The molecule has 0 radical (unpaired) electrons. The lowest BCUT2D eigenvalue weighted by atomic mass is 10.1. The van der Waals surface area contributed by atoms with Gasteiger partial charge >= 0.3 is 0 Å². The minimum absolute atomic E-state index is 0.177. The maximum atomic E-state index is 13.5. The highest BCUT2D eigenvalue weighted by atomic mass is 35.5. The lowest BCUT2D eigenvalue weighted by Gasteiger charge is -2.03. The smallest absolute Gasteiger partial charge is 0.226 e. The van der Waals surface area contributed by atoms with Gasteiger partial charge in [-0.3, -0.25) is 4.79 Å². The van der Waals surface area contributed by atoms with Gasteiger partial charge in [0.2, 0.25) is 11.0 Å². The Morgan fingerprint density at radius 2 is 1.88 bits per heavy atom. The van der Waals surface area contributed by atoms with Crippen LogP contribution >= 0.6 is 22.9 Å². The summed E-state index contributed by atoms with van der Waals surface area (Å²) in [4.78, 5) is 12.0. The molecule has 0 fully saturated rings. The van der Waals surface area contributed by atoms with E-state index in [2.05, 4.69) is 15.5 Å². The van der Waals surface area contributed by atoms with Gasteiger partial charge in [0, 0.05) is 17.0 Å². The largest absolute Gasteiger partial charge is 0.301 e. The van der Waals surface area contributed by atoms with E-state index in [9.17, 15) is 9.18 Å². The number of hydrogen-bond donors (Lipinski definition) is 1. The molecule has 0 unspecified atom stereocenters. The first kappa shape index (κ1) is 16.5. The molecule has 0 aliphatic carbocycles. The molecule has 1 heterocycles. The Labute approximate surface area is 147 Å². The average molecular weight is 362 g/mol. The summed E-state index contributed by atoms with van der Waals surface area (Å²) in [6.07, 6.45) is 0.512. The molecule has 0 spiro atoms. The van der Waals surface area contributed by atoms with E-state index in [0.717, 1.165) is 5.56 Å². The Hall–Kier alpha value is -2.31. The van der Waals surface area contributed by atoms with Crippen molar-refractivity contribution in [3.8, 4) is 10.6 Å². The first-order valence-corrected chi connectivity index (χ1v) is 8.44.